The van der Waals surface area contributed by atoms with Crippen LogP contribution in [0.2, 0.25) is 0 Å². The van der Waals surface area contributed by atoms with Crippen molar-refractivity contribution >= 4 is 5.91 Å². The number of nitrogens with zero attached hydrogens (tertiary/aromatic N) is 1. The first-order valence-electron chi connectivity index (χ1n) is 5.58. The molecular weight excluding hydrogens is 202 g/mol. The Morgan fingerprint density at radius 2 is 2.19 bits per heavy atom. The second-order valence-corrected chi connectivity index (χ2v) is 4.56. The van der Waals surface area contributed by atoms with E-state index in [1.54, 1.807) is 4.90 Å². The van der Waals surface area contributed by atoms with Gasteiger partial charge in [0.25, 0.3) is 0 Å². The van der Waals surface area contributed by atoms with Crippen molar-refractivity contribution < 1.29 is 9.90 Å². The van der Waals surface area contributed by atoms with E-state index in [0.29, 0.717) is 13.1 Å². The number of carbonyl (C=O) groups excluding carboxylic acids is 1. The molecule has 1 aliphatic rings. The number of aliphatic hydroxyl groups excluding tert-OH is 1. The zero-order valence-corrected chi connectivity index (χ0v) is 9.73. The molecule has 1 aliphatic heterocycles. The summed E-state index contributed by atoms with van der Waals surface area (Å²) in [6.07, 6.45) is -0.219. The first-order valence-corrected chi connectivity index (χ1v) is 5.58. The van der Waals surface area contributed by atoms with Crippen LogP contribution in [0.15, 0.2) is 18.2 Å². The fraction of sp³-hybridized carbons (Fsp3) is 0.462. The summed E-state index contributed by atoms with van der Waals surface area (Å²) in [6, 6.07) is 6.23. The van der Waals surface area contributed by atoms with Crippen LogP contribution in [-0.2, 0) is 11.3 Å². The lowest BCUT2D eigenvalue weighted by Gasteiger charge is -2.17. The molecule has 1 atom stereocenters. The van der Waals surface area contributed by atoms with E-state index < -0.39 is 6.10 Å². The molecule has 0 bridgehead atoms. The Morgan fingerprint density at radius 3 is 2.75 bits per heavy atom. The fourth-order valence-corrected chi connectivity index (χ4v) is 2.13. The molecule has 2 rings (SSSR count). The Labute approximate surface area is 95.7 Å². The zero-order chi connectivity index (χ0) is 11.7. The third kappa shape index (κ3) is 2.25. The molecule has 16 heavy (non-hydrogen) atoms. The van der Waals surface area contributed by atoms with Gasteiger partial charge in [-0.05, 0) is 25.0 Å². The van der Waals surface area contributed by atoms with Gasteiger partial charge in [0.15, 0.2) is 0 Å². The Bertz CT molecular complexity index is 414. The topological polar surface area (TPSA) is 40.5 Å². The van der Waals surface area contributed by atoms with E-state index in [1.165, 1.54) is 11.1 Å². The quantitative estimate of drug-likeness (QED) is 0.816. The van der Waals surface area contributed by atoms with Crippen molar-refractivity contribution in [3.8, 4) is 0 Å². The Balaban J connectivity index is 2.12. The average Bonchev–Trinajstić information content (AvgIpc) is 2.50. The molecule has 3 heteroatoms. The number of benzene rings is 1. The molecule has 1 aromatic rings. The van der Waals surface area contributed by atoms with Crippen LogP contribution in [0.3, 0.4) is 0 Å². The summed E-state index contributed by atoms with van der Waals surface area (Å²) < 4.78 is 0. The highest BCUT2D eigenvalue weighted by Gasteiger charge is 2.27. The number of rotatable bonds is 2. The molecule has 0 aliphatic carbocycles. The van der Waals surface area contributed by atoms with Gasteiger partial charge in [-0.1, -0.05) is 23.8 Å². The predicted molar refractivity (Wildman–Crippen MR) is 62.0 cm³/mol. The first kappa shape index (κ1) is 11.1. The molecule has 1 fully saturated rings. The summed E-state index contributed by atoms with van der Waals surface area (Å²) in [6.45, 7) is 5.19. The van der Waals surface area contributed by atoms with Crippen molar-refractivity contribution in [1.29, 1.82) is 0 Å². The lowest BCUT2D eigenvalue weighted by atomic mass is 10.1. The lowest BCUT2D eigenvalue weighted by Crippen LogP contribution is -2.25. The standard InChI is InChI=1S/C13H17NO2/c1-9-3-4-11(10(2)5-9)7-14-8-12(15)6-13(14)16/h3-5,12,15H,6-8H2,1-2H3. The number of hydrogen-bond donors (Lipinski definition) is 1. The average molecular weight is 219 g/mol. The van der Waals surface area contributed by atoms with Gasteiger partial charge in [0.1, 0.15) is 0 Å². The minimum absolute atomic E-state index is 0.0486. The minimum atomic E-state index is -0.488. The van der Waals surface area contributed by atoms with Crippen LogP contribution in [-0.4, -0.2) is 28.6 Å². The van der Waals surface area contributed by atoms with E-state index in [4.69, 9.17) is 0 Å². The number of aryl methyl sites for hydroxylation is 2. The smallest absolute Gasteiger partial charge is 0.225 e. The summed E-state index contributed by atoms with van der Waals surface area (Å²) in [5.74, 6) is 0.0486. The van der Waals surface area contributed by atoms with Gasteiger partial charge in [-0.25, -0.2) is 0 Å². The molecule has 86 valence electrons. The van der Waals surface area contributed by atoms with Crippen LogP contribution in [0.5, 0.6) is 0 Å². The maximum Gasteiger partial charge on any atom is 0.225 e. The molecule has 0 spiro atoms. The van der Waals surface area contributed by atoms with E-state index in [-0.39, 0.29) is 12.3 Å². The molecule has 0 aromatic heterocycles. The van der Waals surface area contributed by atoms with Gasteiger partial charge >= 0.3 is 0 Å². The molecule has 0 radical (unpaired) electrons. The maximum atomic E-state index is 11.5. The Morgan fingerprint density at radius 1 is 1.44 bits per heavy atom. The van der Waals surface area contributed by atoms with Gasteiger partial charge in [-0.15, -0.1) is 0 Å². The first-order chi connectivity index (χ1) is 7.56. The molecule has 1 unspecified atom stereocenters. The van der Waals surface area contributed by atoms with Gasteiger partial charge in [0.05, 0.1) is 12.5 Å². The van der Waals surface area contributed by atoms with E-state index in [2.05, 4.69) is 32.0 Å². The fourth-order valence-electron chi connectivity index (χ4n) is 2.13. The number of aliphatic hydroxyl groups is 1. The largest absolute Gasteiger partial charge is 0.391 e. The van der Waals surface area contributed by atoms with E-state index in [9.17, 15) is 9.90 Å². The van der Waals surface area contributed by atoms with Crippen molar-refractivity contribution in [3.63, 3.8) is 0 Å². The lowest BCUT2D eigenvalue weighted by molar-refractivity contribution is -0.128. The Kier molecular flexibility index (Phi) is 2.97. The van der Waals surface area contributed by atoms with Gasteiger partial charge in [0.2, 0.25) is 5.91 Å². The van der Waals surface area contributed by atoms with Crippen molar-refractivity contribution in [1.82, 2.24) is 4.90 Å². The number of β-amino-alcohol motifs (C(OH)–C–C–N with tert-alkyl or cyclic N) is 1. The van der Waals surface area contributed by atoms with Crippen LogP contribution in [0.1, 0.15) is 23.1 Å². The highest BCUT2D eigenvalue weighted by molar-refractivity contribution is 5.79. The minimum Gasteiger partial charge on any atom is -0.391 e. The van der Waals surface area contributed by atoms with Crippen molar-refractivity contribution in [2.45, 2.75) is 32.9 Å². The second-order valence-electron chi connectivity index (χ2n) is 4.56. The summed E-state index contributed by atoms with van der Waals surface area (Å²) >= 11 is 0. The summed E-state index contributed by atoms with van der Waals surface area (Å²) in [5, 5.41) is 9.40. The van der Waals surface area contributed by atoms with E-state index >= 15 is 0 Å². The van der Waals surface area contributed by atoms with Crippen LogP contribution in [0.25, 0.3) is 0 Å². The van der Waals surface area contributed by atoms with Crippen LogP contribution >= 0.6 is 0 Å². The molecule has 1 saturated heterocycles. The van der Waals surface area contributed by atoms with Crippen molar-refractivity contribution in [2.24, 2.45) is 0 Å². The highest BCUT2D eigenvalue weighted by Crippen LogP contribution is 2.18. The van der Waals surface area contributed by atoms with Crippen molar-refractivity contribution in [3.05, 3.63) is 34.9 Å². The molecule has 1 aromatic carbocycles. The summed E-state index contributed by atoms with van der Waals surface area (Å²) in [7, 11) is 0. The summed E-state index contributed by atoms with van der Waals surface area (Å²) in [5.41, 5.74) is 3.59. The number of amides is 1. The predicted octanol–water partition coefficient (Wildman–Crippen LogP) is 1.40. The SMILES string of the molecule is Cc1ccc(CN2CC(O)CC2=O)c(C)c1. The molecule has 1 amide bonds. The molecular formula is C13H17NO2. The molecule has 0 saturated carbocycles. The van der Waals surface area contributed by atoms with E-state index in [0.717, 1.165) is 5.56 Å². The molecule has 1 heterocycles. The number of carbonyl (C=O) groups is 1. The van der Waals surface area contributed by atoms with Crippen LogP contribution in [0, 0.1) is 13.8 Å². The zero-order valence-electron chi connectivity index (χ0n) is 9.73. The van der Waals surface area contributed by atoms with Gasteiger partial charge in [0, 0.05) is 13.1 Å². The third-order valence-corrected chi connectivity index (χ3v) is 3.05. The van der Waals surface area contributed by atoms with Crippen molar-refractivity contribution in [2.75, 3.05) is 6.54 Å². The summed E-state index contributed by atoms with van der Waals surface area (Å²) in [4.78, 5) is 13.3. The van der Waals surface area contributed by atoms with E-state index in [1.807, 2.05) is 0 Å². The monoisotopic (exact) mass is 219 g/mol. The van der Waals surface area contributed by atoms with Gasteiger partial charge < -0.3 is 10.0 Å². The molecule has 1 N–H and O–H groups in total. The highest BCUT2D eigenvalue weighted by atomic mass is 16.3. The second kappa shape index (κ2) is 4.26. The third-order valence-electron chi connectivity index (χ3n) is 3.05. The van der Waals surface area contributed by atoms with Gasteiger partial charge in [-0.3, -0.25) is 4.79 Å². The maximum absolute atomic E-state index is 11.5. The normalized spacial score (nSPS) is 20.6. The number of hydrogen-bond acceptors (Lipinski definition) is 2. The van der Waals surface area contributed by atoms with Crippen LogP contribution in [0.4, 0.5) is 0 Å². The number of likely N-dealkylation sites (tertiary alicyclic amines) is 1. The molecule has 3 nitrogen and oxygen atoms in total. The van der Waals surface area contributed by atoms with Crippen LogP contribution < -0.4 is 0 Å². The van der Waals surface area contributed by atoms with Gasteiger partial charge in [-0.2, -0.15) is 0 Å². The Hall–Kier alpha value is -1.35.